The molecule has 0 saturated heterocycles. The highest BCUT2D eigenvalue weighted by Gasteiger charge is 2.04. The lowest BCUT2D eigenvalue weighted by Gasteiger charge is -2.09. The van der Waals surface area contributed by atoms with Gasteiger partial charge in [-0.2, -0.15) is 0 Å². The first kappa shape index (κ1) is 10.6. The summed E-state index contributed by atoms with van der Waals surface area (Å²) >= 11 is 0. The first-order valence-corrected chi connectivity index (χ1v) is 4.54. The van der Waals surface area contributed by atoms with Crippen LogP contribution in [0.5, 0.6) is 11.5 Å². The standard InChI is InChI=1S/C11H14O3/c1-8(2)7-14-11-4-3-9(6-12)5-10(11)13/h3-6,8,13H,7H2,1-2H3. The molecule has 0 aliphatic rings. The number of aromatic hydroxyl groups is 1. The Morgan fingerprint density at radius 1 is 1.50 bits per heavy atom. The second-order valence-corrected chi connectivity index (χ2v) is 3.55. The topological polar surface area (TPSA) is 46.5 Å². The van der Waals surface area contributed by atoms with Crippen molar-refractivity contribution in [1.29, 1.82) is 0 Å². The van der Waals surface area contributed by atoms with Crippen molar-refractivity contribution in [3.05, 3.63) is 23.8 Å². The van der Waals surface area contributed by atoms with E-state index in [4.69, 9.17) is 4.74 Å². The zero-order valence-electron chi connectivity index (χ0n) is 8.36. The van der Waals surface area contributed by atoms with Crippen LogP contribution in [0.2, 0.25) is 0 Å². The Morgan fingerprint density at radius 2 is 2.21 bits per heavy atom. The molecule has 0 aliphatic carbocycles. The number of aldehydes is 1. The second kappa shape index (κ2) is 4.65. The number of ether oxygens (including phenoxy) is 1. The molecule has 0 bridgehead atoms. The van der Waals surface area contributed by atoms with E-state index in [0.29, 0.717) is 30.1 Å². The first-order valence-electron chi connectivity index (χ1n) is 4.54. The van der Waals surface area contributed by atoms with Crippen molar-refractivity contribution in [1.82, 2.24) is 0 Å². The third-order valence-electron chi connectivity index (χ3n) is 1.69. The monoisotopic (exact) mass is 194 g/mol. The molecule has 0 amide bonds. The van der Waals surface area contributed by atoms with Gasteiger partial charge in [-0.15, -0.1) is 0 Å². The lowest BCUT2D eigenvalue weighted by molar-refractivity contribution is 0.112. The summed E-state index contributed by atoms with van der Waals surface area (Å²) < 4.78 is 5.33. The lowest BCUT2D eigenvalue weighted by Crippen LogP contribution is -2.04. The van der Waals surface area contributed by atoms with Crippen molar-refractivity contribution in [3.8, 4) is 11.5 Å². The number of benzene rings is 1. The van der Waals surface area contributed by atoms with E-state index < -0.39 is 0 Å². The zero-order chi connectivity index (χ0) is 10.6. The minimum Gasteiger partial charge on any atom is -0.504 e. The molecule has 0 aliphatic heterocycles. The minimum absolute atomic E-state index is 0.00949. The van der Waals surface area contributed by atoms with Crippen LogP contribution >= 0.6 is 0 Å². The van der Waals surface area contributed by atoms with E-state index in [0.717, 1.165) is 0 Å². The second-order valence-electron chi connectivity index (χ2n) is 3.55. The van der Waals surface area contributed by atoms with Crippen molar-refractivity contribution in [2.24, 2.45) is 5.92 Å². The molecular weight excluding hydrogens is 180 g/mol. The van der Waals surface area contributed by atoms with Gasteiger partial charge in [-0.1, -0.05) is 13.8 Å². The van der Waals surface area contributed by atoms with Gasteiger partial charge in [0.25, 0.3) is 0 Å². The van der Waals surface area contributed by atoms with Gasteiger partial charge in [-0.05, 0) is 24.1 Å². The molecule has 1 aromatic carbocycles. The number of hydrogen-bond donors (Lipinski definition) is 1. The fraction of sp³-hybridized carbons (Fsp3) is 0.364. The number of hydrogen-bond acceptors (Lipinski definition) is 3. The van der Waals surface area contributed by atoms with Crippen LogP contribution in [0.1, 0.15) is 24.2 Å². The summed E-state index contributed by atoms with van der Waals surface area (Å²) in [5.41, 5.74) is 0.444. The summed E-state index contributed by atoms with van der Waals surface area (Å²) in [7, 11) is 0. The van der Waals surface area contributed by atoms with Crippen molar-refractivity contribution >= 4 is 6.29 Å². The van der Waals surface area contributed by atoms with Crippen molar-refractivity contribution in [3.63, 3.8) is 0 Å². The molecule has 0 atom stereocenters. The number of carbonyl (C=O) groups is 1. The average molecular weight is 194 g/mol. The maximum absolute atomic E-state index is 10.4. The van der Waals surface area contributed by atoms with Gasteiger partial charge < -0.3 is 9.84 Å². The third kappa shape index (κ3) is 2.76. The SMILES string of the molecule is CC(C)COc1ccc(C=O)cc1O. The van der Waals surface area contributed by atoms with Gasteiger partial charge >= 0.3 is 0 Å². The van der Waals surface area contributed by atoms with Crippen LogP contribution in [0, 0.1) is 5.92 Å². The van der Waals surface area contributed by atoms with Gasteiger partial charge in [0.1, 0.15) is 6.29 Å². The van der Waals surface area contributed by atoms with Gasteiger partial charge in [0.15, 0.2) is 11.5 Å². The summed E-state index contributed by atoms with van der Waals surface area (Å²) in [4.78, 5) is 10.4. The van der Waals surface area contributed by atoms with Crippen LogP contribution in [0.15, 0.2) is 18.2 Å². The maximum Gasteiger partial charge on any atom is 0.160 e. The average Bonchev–Trinajstić information content (AvgIpc) is 2.15. The number of phenolic OH excluding ortho intramolecular Hbond substituents is 1. The number of carbonyl (C=O) groups excluding carboxylic acids is 1. The molecule has 3 nitrogen and oxygen atoms in total. The van der Waals surface area contributed by atoms with Crippen LogP contribution < -0.4 is 4.74 Å². The molecular formula is C11H14O3. The largest absolute Gasteiger partial charge is 0.504 e. The Kier molecular flexibility index (Phi) is 3.51. The van der Waals surface area contributed by atoms with Crippen LogP contribution in [-0.4, -0.2) is 18.0 Å². The zero-order valence-corrected chi connectivity index (χ0v) is 8.36. The molecule has 1 N–H and O–H groups in total. The predicted molar refractivity (Wildman–Crippen MR) is 53.8 cm³/mol. The Balaban J connectivity index is 2.73. The van der Waals surface area contributed by atoms with E-state index in [1.807, 2.05) is 13.8 Å². The molecule has 1 aromatic rings. The molecule has 0 spiro atoms. The molecule has 0 heterocycles. The predicted octanol–water partition coefficient (Wildman–Crippen LogP) is 2.24. The molecule has 3 heteroatoms. The summed E-state index contributed by atoms with van der Waals surface area (Å²) in [5.74, 6) is 0.833. The van der Waals surface area contributed by atoms with Gasteiger partial charge in [0, 0.05) is 5.56 Å². The highest BCUT2D eigenvalue weighted by molar-refractivity contribution is 5.76. The van der Waals surface area contributed by atoms with Gasteiger partial charge in [0.05, 0.1) is 6.61 Å². The number of rotatable bonds is 4. The van der Waals surface area contributed by atoms with Crippen molar-refractivity contribution < 1.29 is 14.6 Å². The molecule has 1 rings (SSSR count). The van der Waals surface area contributed by atoms with Gasteiger partial charge in [-0.25, -0.2) is 0 Å². The number of phenols is 1. The first-order chi connectivity index (χ1) is 6.63. The van der Waals surface area contributed by atoms with E-state index in [2.05, 4.69) is 0 Å². The molecule has 0 fully saturated rings. The van der Waals surface area contributed by atoms with Crippen LogP contribution in [-0.2, 0) is 0 Å². The van der Waals surface area contributed by atoms with Crippen molar-refractivity contribution in [2.45, 2.75) is 13.8 Å². The van der Waals surface area contributed by atoms with E-state index in [1.165, 1.54) is 6.07 Å². The highest BCUT2D eigenvalue weighted by atomic mass is 16.5. The molecule has 14 heavy (non-hydrogen) atoms. The third-order valence-corrected chi connectivity index (χ3v) is 1.69. The maximum atomic E-state index is 10.4. The van der Waals surface area contributed by atoms with E-state index in [-0.39, 0.29) is 5.75 Å². The van der Waals surface area contributed by atoms with E-state index >= 15 is 0 Å². The van der Waals surface area contributed by atoms with Gasteiger partial charge in [-0.3, -0.25) is 4.79 Å². The van der Waals surface area contributed by atoms with E-state index in [9.17, 15) is 9.90 Å². The fourth-order valence-electron chi connectivity index (χ4n) is 0.986. The minimum atomic E-state index is 0.00949. The summed E-state index contributed by atoms with van der Waals surface area (Å²) in [6, 6.07) is 4.60. The van der Waals surface area contributed by atoms with Gasteiger partial charge in [0.2, 0.25) is 0 Å². The lowest BCUT2D eigenvalue weighted by atomic mass is 10.2. The Bertz CT molecular complexity index is 318. The summed E-state index contributed by atoms with van der Waals surface area (Å²) in [6.45, 7) is 4.60. The molecule has 0 aromatic heterocycles. The Morgan fingerprint density at radius 3 is 2.71 bits per heavy atom. The van der Waals surface area contributed by atoms with Crippen LogP contribution in [0.25, 0.3) is 0 Å². The summed E-state index contributed by atoms with van der Waals surface area (Å²) in [5, 5.41) is 9.45. The van der Waals surface area contributed by atoms with E-state index in [1.54, 1.807) is 12.1 Å². The molecule has 0 saturated carbocycles. The van der Waals surface area contributed by atoms with Crippen LogP contribution in [0.3, 0.4) is 0 Å². The normalized spacial score (nSPS) is 10.2. The summed E-state index contributed by atoms with van der Waals surface area (Å²) in [6.07, 6.45) is 0.686. The Labute approximate surface area is 83.3 Å². The molecule has 0 radical (unpaired) electrons. The fourth-order valence-corrected chi connectivity index (χ4v) is 0.986. The van der Waals surface area contributed by atoms with Crippen LogP contribution in [0.4, 0.5) is 0 Å². The molecule has 76 valence electrons. The molecule has 0 unspecified atom stereocenters. The van der Waals surface area contributed by atoms with Crippen molar-refractivity contribution in [2.75, 3.05) is 6.61 Å². The quantitative estimate of drug-likeness (QED) is 0.748. The Hall–Kier alpha value is -1.51. The highest BCUT2D eigenvalue weighted by Crippen LogP contribution is 2.26. The smallest absolute Gasteiger partial charge is 0.160 e.